The van der Waals surface area contributed by atoms with Gasteiger partial charge in [0.15, 0.2) is 5.78 Å². The van der Waals surface area contributed by atoms with E-state index in [4.69, 9.17) is 0 Å². The fraction of sp³-hybridized carbons (Fsp3) is 0.611. The number of hydrogen-bond donors (Lipinski definition) is 0. The molecular weight excluding hydrogens is 312 g/mol. The first-order valence-corrected chi connectivity index (χ1v) is 8.73. The molecule has 1 aromatic carbocycles. The fourth-order valence-electron chi connectivity index (χ4n) is 2.38. The average Bonchev–Trinajstić information content (AvgIpc) is 2.44. The summed E-state index contributed by atoms with van der Waals surface area (Å²) in [6, 6.07) is 5.87. The molecule has 0 fully saturated rings. The highest BCUT2D eigenvalue weighted by Crippen LogP contribution is 2.19. The van der Waals surface area contributed by atoms with Gasteiger partial charge in [0.1, 0.15) is 0 Å². The van der Waals surface area contributed by atoms with E-state index in [0.717, 1.165) is 22.0 Å². The molecule has 0 radical (unpaired) electrons. The lowest BCUT2D eigenvalue weighted by Gasteiger charge is -2.04. The van der Waals surface area contributed by atoms with Gasteiger partial charge in [0, 0.05) is 16.5 Å². The van der Waals surface area contributed by atoms with Crippen LogP contribution in [0.1, 0.15) is 80.6 Å². The lowest BCUT2D eigenvalue weighted by molar-refractivity contribution is 0.0979. The van der Waals surface area contributed by atoms with Gasteiger partial charge in [-0.3, -0.25) is 4.79 Å². The molecular formula is C18H27BrO. The zero-order valence-corrected chi connectivity index (χ0v) is 14.5. The molecule has 1 aromatic rings. The van der Waals surface area contributed by atoms with E-state index in [1.807, 2.05) is 25.1 Å². The quantitative estimate of drug-likeness (QED) is 0.353. The van der Waals surface area contributed by atoms with Gasteiger partial charge in [0.05, 0.1) is 0 Å². The van der Waals surface area contributed by atoms with Crippen LogP contribution in [-0.2, 0) is 0 Å². The average molecular weight is 339 g/mol. The van der Waals surface area contributed by atoms with Crippen molar-refractivity contribution in [2.75, 3.05) is 0 Å². The standard InChI is InChI=1S/C18H27BrO/c1-3-4-5-6-7-8-9-10-11-18(20)16-12-13-17(19)15(2)14-16/h12-14H,3-11H2,1-2H3. The SMILES string of the molecule is CCCCCCCCCCC(=O)c1ccc(Br)c(C)c1. The molecule has 2 heteroatoms. The Morgan fingerprint density at radius 1 is 1.00 bits per heavy atom. The molecule has 0 heterocycles. The van der Waals surface area contributed by atoms with Crippen LogP contribution >= 0.6 is 15.9 Å². The van der Waals surface area contributed by atoms with E-state index >= 15 is 0 Å². The van der Waals surface area contributed by atoms with E-state index in [-0.39, 0.29) is 5.78 Å². The minimum atomic E-state index is 0.284. The summed E-state index contributed by atoms with van der Waals surface area (Å²) in [7, 11) is 0. The van der Waals surface area contributed by atoms with Crippen molar-refractivity contribution < 1.29 is 4.79 Å². The number of aryl methyl sites for hydroxylation is 1. The van der Waals surface area contributed by atoms with Crippen molar-refractivity contribution in [2.24, 2.45) is 0 Å². The third-order valence-corrected chi connectivity index (χ3v) is 4.63. The monoisotopic (exact) mass is 338 g/mol. The Morgan fingerprint density at radius 2 is 1.60 bits per heavy atom. The summed E-state index contributed by atoms with van der Waals surface area (Å²) in [5.41, 5.74) is 1.99. The van der Waals surface area contributed by atoms with Crippen LogP contribution < -0.4 is 0 Å². The Kier molecular flexibility index (Phi) is 8.84. The molecule has 0 N–H and O–H groups in total. The molecule has 0 aliphatic heterocycles. The Hall–Kier alpha value is -0.630. The lowest BCUT2D eigenvalue weighted by atomic mass is 10.0. The number of halogens is 1. The van der Waals surface area contributed by atoms with Gasteiger partial charge in [-0.15, -0.1) is 0 Å². The Labute approximate surface area is 132 Å². The Balaban J connectivity index is 2.15. The smallest absolute Gasteiger partial charge is 0.162 e. The number of benzene rings is 1. The molecule has 1 nitrogen and oxygen atoms in total. The van der Waals surface area contributed by atoms with Gasteiger partial charge in [-0.2, -0.15) is 0 Å². The van der Waals surface area contributed by atoms with Gasteiger partial charge in [0.2, 0.25) is 0 Å². The number of hydrogen-bond acceptors (Lipinski definition) is 1. The zero-order valence-electron chi connectivity index (χ0n) is 12.9. The van der Waals surface area contributed by atoms with Crippen LogP contribution in [0.15, 0.2) is 22.7 Å². The molecule has 0 saturated carbocycles. The molecule has 1 rings (SSSR count). The summed E-state index contributed by atoms with van der Waals surface area (Å²) < 4.78 is 1.07. The summed E-state index contributed by atoms with van der Waals surface area (Å²) in [4.78, 5) is 12.1. The topological polar surface area (TPSA) is 17.1 Å². The Bertz CT molecular complexity index is 412. The predicted molar refractivity (Wildman–Crippen MR) is 90.4 cm³/mol. The fourth-order valence-corrected chi connectivity index (χ4v) is 2.63. The van der Waals surface area contributed by atoms with Crippen molar-refractivity contribution >= 4 is 21.7 Å². The van der Waals surface area contributed by atoms with Crippen LogP contribution in [0.2, 0.25) is 0 Å². The van der Waals surface area contributed by atoms with Crippen LogP contribution in [-0.4, -0.2) is 5.78 Å². The van der Waals surface area contributed by atoms with Crippen molar-refractivity contribution in [1.29, 1.82) is 0 Å². The molecule has 0 unspecified atom stereocenters. The molecule has 112 valence electrons. The van der Waals surface area contributed by atoms with Crippen LogP contribution in [0.5, 0.6) is 0 Å². The molecule has 0 bridgehead atoms. The minimum absolute atomic E-state index is 0.284. The van der Waals surface area contributed by atoms with Gasteiger partial charge < -0.3 is 0 Å². The predicted octanol–water partition coefficient (Wildman–Crippen LogP) is 6.47. The largest absolute Gasteiger partial charge is 0.294 e. The van der Waals surface area contributed by atoms with Gasteiger partial charge in [-0.1, -0.05) is 73.9 Å². The first kappa shape index (κ1) is 17.4. The second kappa shape index (κ2) is 10.1. The van der Waals surface area contributed by atoms with E-state index in [1.165, 1.54) is 44.9 Å². The Morgan fingerprint density at radius 3 is 2.20 bits per heavy atom. The number of rotatable bonds is 10. The molecule has 0 saturated heterocycles. The maximum Gasteiger partial charge on any atom is 0.162 e. The number of unbranched alkanes of at least 4 members (excludes halogenated alkanes) is 7. The summed E-state index contributed by atoms with van der Waals surface area (Å²) in [6.07, 6.45) is 10.9. The zero-order chi connectivity index (χ0) is 14.8. The second-order valence-electron chi connectivity index (χ2n) is 5.61. The highest BCUT2D eigenvalue weighted by Gasteiger charge is 2.06. The number of ketones is 1. The van der Waals surface area contributed by atoms with Crippen molar-refractivity contribution in [3.63, 3.8) is 0 Å². The minimum Gasteiger partial charge on any atom is -0.294 e. The van der Waals surface area contributed by atoms with Crippen LogP contribution in [0.4, 0.5) is 0 Å². The molecule has 0 atom stereocenters. The van der Waals surface area contributed by atoms with E-state index < -0.39 is 0 Å². The third-order valence-electron chi connectivity index (χ3n) is 3.74. The van der Waals surface area contributed by atoms with E-state index in [0.29, 0.717) is 6.42 Å². The van der Waals surface area contributed by atoms with Crippen LogP contribution in [0.3, 0.4) is 0 Å². The highest BCUT2D eigenvalue weighted by molar-refractivity contribution is 9.10. The number of carbonyl (C=O) groups is 1. The highest BCUT2D eigenvalue weighted by atomic mass is 79.9. The van der Waals surface area contributed by atoms with Gasteiger partial charge in [-0.05, 0) is 31.0 Å². The summed E-state index contributed by atoms with van der Waals surface area (Å²) in [6.45, 7) is 4.27. The van der Waals surface area contributed by atoms with Crippen molar-refractivity contribution in [1.82, 2.24) is 0 Å². The van der Waals surface area contributed by atoms with Gasteiger partial charge in [-0.25, -0.2) is 0 Å². The molecule has 0 aliphatic carbocycles. The number of carbonyl (C=O) groups excluding carboxylic acids is 1. The lowest BCUT2D eigenvalue weighted by Crippen LogP contribution is -1.99. The van der Waals surface area contributed by atoms with Gasteiger partial charge >= 0.3 is 0 Å². The van der Waals surface area contributed by atoms with E-state index in [2.05, 4.69) is 22.9 Å². The second-order valence-corrected chi connectivity index (χ2v) is 6.47. The summed E-state index contributed by atoms with van der Waals surface area (Å²) in [5, 5.41) is 0. The summed E-state index contributed by atoms with van der Waals surface area (Å²) in [5.74, 6) is 0.284. The summed E-state index contributed by atoms with van der Waals surface area (Å²) >= 11 is 3.47. The first-order chi connectivity index (χ1) is 9.65. The molecule has 0 aliphatic rings. The third kappa shape index (κ3) is 6.69. The maximum atomic E-state index is 12.1. The maximum absolute atomic E-state index is 12.1. The van der Waals surface area contributed by atoms with Crippen molar-refractivity contribution in [3.8, 4) is 0 Å². The normalized spacial score (nSPS) is 10.8. The van der Waals surface area contributed by atoms with Crippen molar-refractivity contribution in [2.45, 2.75) is 71.6 Å². The first-order valence-electron chi connectivity index (χ1n) is 7.94. The van der Waals surface area contributed by atoms with E-state index in [9.17, 15) is 4.79 Å². The molecule has 20 heavy (non-hydrogen) atoms. The van der Waals surface area contributed by atoms with E-state index in [1.54, 1.807) is 0 Å². The van der Waals surface area contributed by atoms with Crippen LogP contribution in [0, 0.1) is 6.92 Å². The van der Waals surface area contributed by atoms with Crippen molar-refractivity contribution in [3.05, 3.63) is 33.8 Å². The van der Waals surface area contributed by atoms with Gasteiger partial charge in [0.25, 0.3) is 0 Å². The molecule has 0 aromatic heterocycles. The number of Topliss-reactive ketones (excluding diaryl/α,β-unsaturated/α-hetero) is 1. The molecule has 0 amide bonds. The van der Waals surface area contributed by atoms with Crippen LogP contribution in [0.25, 0.3) is 0 Å². The molecule has 0 spiro atoms.